The summed E-state index contributed by atoms with van der Waals surface area (Å²) in [6.07, 6.45) is -0.781. The lowest BCUT2D eigenvalue weighted by Crippen LogP contribution is -2.45. The van der Waals surface area contributed by atoms with Gasteiger partial charge in [-0.05, 0) is 23.8 Å². The zero-order valence-electron chi connectivity index (χ0n) is 15.0. The van der Waals surface area contributed by atoms with Crippen molar-refractivity contribution < 1.29 is 24.5 Å². The summed E-state index contributed by atoms with van der Waals surface area (Å²) in [6, 6.07) is 8.60. The van der Waals surface area contributed by atoms with Crippen LogP contribution in [-0.2, 0) is 11.3 Å². The van der Waals surface area contributed by atoms with E-state index in [0.29, 0.717) is 12.8 Å². The topological polar surface area (TPSA) is 108 Å². The van der Waals surface area contributed by atoms with E-state index in [4.69, 9.17) is 9.84 Å². The Hall–Kier alpha value is -2.28. The summed E-state index contributed by atoms with van der Waals surface area (Å²) in [5.74, 6) is 0. The quantitative estimate of drug-likeness (QED) is 0.575. The summed E-state index contributed by atoms with van der Waals surface area (Å²) in [5, 5.41) is 23.1. The molecule has 0 fully saturated rings. The predicted molar refractivity (Wildman–Crippen MR) is 94.3 cm³/mol. The summed E-state index contributed by atoms with van der Waals surface area (Å²) >= 11 is 0. The fourth-order valence-corrected chi connectivity index (χ4v) is 2.38. The molecule has 0 saturated heterocycles. The Kier molecular flexibility index (Phi) is 8.21. The Morgan fingerprint density at radius 1 is 1.12 bits per heavy atom. The molecule has 0 aliphatic heterocycles. The minimum absolute atomic E-state index is 0.184. The van der Waals surface area contributed by atoms with E-state index in [-0.39, 0.29) is 24.7 Å². The smallest absolute Gasteiger partial charge is 0.407 e. The molecule has 4 N–H and O–H groups in total. The molecule has 0 unspecified atom stereocenters. The van der Waals surface area contributed by atoms with Crippen molar-refractivity contribution in [1.29, 1.82) is 0 Å². The SMILES string of the molecule is CC(C)(C)[C@@H](CC[C@@H](CO)NC(=O)O)NC(=O)OCc1ccccc1. The van der Waals surface area contributed by atoms with Gasteiger partial charge in [0, 0.05) is 6.04 Å². The normalized spacial score (nSPS) is 13.6. The molecule has 1 aromatic carbocycles. The number of hydrogen-bond acceptors (Lipinski definition) is 4. The number of ether oxygens (including phenoxy) is 1. The second-order valence-corrected chi connectivity index (χ2v) is 7.03. The lowest BCUT2D eigenvalue weighted by molar-refractivity contribution is 0.122. The summed E-state index contributed by atoms with van der Waals surface area (Å²) in [6.45, 7) is 5.83. The third-order valence-electron chi connectivity index (χ3n) is 3.90. The molecule has 0 radical (unpaired) electrons. The number of amides is 2. The second-order valence-electron chi connectivity index (χ2n) is 7.03. The molecule has 0 aliphatic carbocycles. The highest BCUT2D eigenvalue weighted by Gasteiger charge is 2.27. The third-order valence-corrected chi connectivity index (χ3v) is 3.90. The molecule has 0 aromatic heterocycles. The molecule has 2 amide bonds. The van der Waals surface area contributed by atoms with Gasteiger partial charge in [0.15, 0.2) is 0 Å². The number of carboxylic acid groups (broad SMARTS) is 1. The van der Waals surface area contributed by atoms with Crippen LogP contribution in [0.25, 0.3) is 0 Å². The van der Waals surface area contributed by atoms with Crippen LogP contribution in [0.3, 0.4) is 0 Å². The van der Waals surface area contributed by atoms with Crippen LogP contribution in [0.2, 0.25) is 0 Å². The lowest BCUT2D eigenvalue weighted by atomic mass is 9.83. The minimum atomic E-state index is -1.18. The first-order valence-corrected chi connectivity index (χ1v) is 8.30. The number of aliphatic hydroxyl groups is 1. The number of aliphatic hydroxyl groups excluding tert-OH is 1. The summed E-state index contributed by atoms with van der Waals surface area (Å²) < 4.78 is 5.24. The average molecular weight is 352 g/mol. The Morgan fingerprint density at radius 3 is 2.28 bits per heavy atom. The summed E-state index contributed by atoms with van der Waals surface area (Å²) in [5.41, 5.74) is 0.658. The number of rotatable bonds is 8. The highest BCUT2D eigenvalue weighted by atomic mass is 16.5. The van der Waals surface area contributed by atoms with Crippen molar-refractivity contribution in [1.82, 2.24) is 10.6 Å². The van der Waals surface area contributed by atoms with Crippen molar-refractivity contribution in [3.05, 3.63) is 35.9 Å². The van der Waals surface area contributed by atoms with Crippen LogP contribution in [-0.4, -0.2) is 41.1 Å². The minimum Gasteiger partial charge on any atom is -0.465 e. The van der Waals surface area contributed by atoms with Gasteiger partial charge in [0.2, 0.25) is 0 Å². The van der Waals surface area contributed by atoms with Crippen molar-refractivity contribution in [2.45, 2.75) is 52.3 Å². The molecule has 0 aliphatic rings. The van der Waals surface area contributed by atoms with Crippen LogP contribution in [0, 0.1) is 5.41 Å². The maximum Gasteiger partial charge on any atom is 0.407 e. The van der Waals surface area contributed by atoms with Gasteiger partial charge in [-0.25, -0.2) is 9.59 Å². The number of nitrogens with one attached hydrogen (secondary N) is 2. The molecule has 0 heterocycles. The highest BCUT2D eigenvalue weighted by Crippen LogP contribution is 2.23. The molecule has 7 heteroatoms. The summed E-state index contributed by atoms with van der Waals surface area (Å²) in [7, 11) is 0. The van der Waals surface area contributed by atoms with Gasteiger partial charge >= 0.3 is 12.2 Å². The zero-order chi connectivity index (χ0) is 18.9. The van der Waals surface area contributed by atoms with Crippen molar-refractivity contribution in [2.75, 3.05) is 6.61 Å². The largest absolute Gasteiger partial charge is 0.465 e. The van der Waals surface area contributed by atoms with E-state index in [9.17, 15) is 14.7 Å². The van der Waals surface area contributed by atoms with Gasteiger partial charge in [-0.2, -0.15) is 0 Å². The van der Waals surface area contributed by atoms with Crippen LogP contribution < -0.4 is 10.6 Å². The predicted octanol–water partition coefficient (Wildman–Crippen LogP) is 2.74. The monoisotopic (exact) mass is 352 g/mol. The van der Waals surface area contributed by atoms with Gasteiger partial charge in [-0.3, -0.25) is 0 Å². The molecule has 1 aromatic rings. The fourth-order valence-electron chi connectivity index (χ4n) is 2.38. The number of carbonyl (C=O) groups is 2. The van der Waals surface area contributed by atoms with Crippen LogP contribution >= 0.6 is 0 Å². The molecule has 0 spiro atoms. The first kappa shape index (κ1) is 20.8. The standard InChI is InChI=1S/C18H28N2O5/c1-18(2,3)15(10-9-14(11-21)19-16(22)23)20-17(24)25-12-13-7-5-4-6-8-13/h4-8,14-15,19,21H,9-12H2,1-3H3,(H,20,24)(H,22,23)/t14-,15+/m0/s1. The van der Waals surface area contributed by atoms with Gasteiger partial charge in [-0.1, -0.05) is 51.1 Å². The lowest BCUT2D eigenvalue weighted by Gasteiger charge is -2.32. The molecule has 0 bridgehead atoms. The molecule has 7 nitrogen and oxygen atoms in total. The third kappa shape index (κ3) is 8.39. The van der Waals surface area contributed by atoms with E-state index >= 15 is 0 Å². The Bertz CT molecular complexity index is 542. The number of carbonyl (C=O) groups excluding carboxylic acids is 1. The second kappa shape index (κ2) is 9.88. The van der Waals surface area contributed by atoms with E-state index < -0.39 is 18.2 Å². The molecular weight excluding hydrogens is 324 g/mol. The molecule has 2 atom stereocenters. The Balaban J connectivity index is 2.54. The van der Waals surface area contributed by atoms with Gasteiger partial charge < -0.3 is 25.6 Å². The average Bonchev–Trinajstić information content (AvgIpc) is 2.55. The van der Waals surface area contributed by atoms with Crippen molar-refractivity contribution in [2.24, 2.45) is 5.41 Å². The van der Waals surface area contributed by atoms with Gasteiger partial charge in [0.1, 0.15) is 6.61 Å². The maximum absolute atomic E-state index is 12.1. The van der Waals surface area contributed by atoms with Gasteiger partial charge in [0.25, 0.3) is 0 Å². The Labute approximate surface area is 148 Å². The molecule has 25 heavy (non-hydrogen) atoms. The molecule has 0 saturated carbocycles. The van der Waals surface area contributed by atoms with Crippen molar-refractivity contribution in [3.8, 4) is 0 Å². The van der Waals surface area contributed by atoms with Crippen molar-refractivity contribution in [3.63, 3.8) is 0 Å². The first-order valence-electron chi connectivity index (χ1n) is 8.30. The van der Waals surface area contributed by atoms with E-state index in [0.717, 1.165) is 5.56 Å². The van der Waals surface area contributed by atoms with Crippen LogP contribution in [0.15, 0.2) is 30.3 Å². The number of benzene rings is 1. The van der Waals surface area contributed by atoms with E-state index in [1.807, 2.05) is 51.1 Å². The number of alkyl carbamates (subject to hydrolysis) is 1. The molecular formula is C18H28N2O5. The number of hydrogen-bond donors (Lipinski definition) is 4. The molecule has 1 rings (SSSR count). The van der Waals surface area contributed by atoms with E-state index in [2.05, 4.69) is 10.6 Å². The summed E-state index contributed by atoms with van der Waals surface area (Å²) in [4.78, 5) is 22.8. The van der Waals surface area contributed by atoms with E-state index in [1.54, 1.807) is 0 Å². The van der Waals surface area contributed by atoms with Crippen LogP contribution in [0.1, 0.15) is 39.2 Å². The highest BCUT2D eigenvalue weighted by molar-refractivity contribution is 5.67. The van der Waals surface area contributed by atoms with E-state index in [1.165, 1.54) is 0 Å². The molecule has 140 valence electrons. The zero-order valence-corrected chi connectivity index (χ0v) is 15.0. The van der Waals surface area contributed by atoms with Gasteiger partial charge in [-0.15, -0.1) is 0 Å². The van der Waals surface area contributed by atoms with Crippen LogP contribution in [0.5, 0.6) is 0 Å². The van der Waals surface area contributed by atoms with Crippen molar-refractivity contribution >= 4 is 12.2 Å². The fraction of sp³-hybridized carbons (Fsp3) is 0.556. The maximum atomic E-state index is 12.1. The first-order chi connectivity index (χ1) is 11.7. The Morgan fingerprint density at radius 2 is 1.76 bits per heavy atom. The van der Waals surface area contributed by atoms with Gasteiger partial charge in [0.05, 0.1) is 12.6 Å². The van der Waals surface area contributed by atoms with Crippen LogP contribution in [0.4, 0.5) is 9.59 Å².